The molecule has 2 heterocycles. The fraction of sp³-hybridized carbons (Fsp3) is 0.333. The molecule has 0 saturated heterocycles. The minimum atomic E-state index is -0.272. The van der Waals surface area contributed by atoms with Gasteiger partial charge in [0.25, 0.3) is 11.5 Å². The third-order valence-corrected chi connectivity index (χ3v) is 3.94. The van der Waals surface area contributed by atoms with Gasteiger partial charge in [-0.25, -0.2) is 4.68 Å². The first-order chi connectivity index (χ1) is 11.9. The summed E-state index contributed by atoms with van der Waals surface area (Å²) in [6.45, 7) is 5.82. The molecule has 3 rings (SSSR count). The van der Waals surface area contributed by atoms with Crippen LogP contribution in [0.5, 0.6) is 0 Å². The largest absolute Gasteiger partial charge is 0.361 e. The van der Waals surface area contributed by atoms with Crippen molar-refractivity contribution in [3.8, 4) is 0 Å². The number of benzene rings is 1. The third-order valence-electron chi connectivity index (χ3n) is 3.94. The van der Waals surface area contributed by atoms with Crippen LogP contribution in [0.1, 0.15) is 41.8 Å². The van der Waals surface area contributed by atoms with Crippen LogP contribution in [0.4, 0.5) is 0 Å². The molecule has 130 valence electrons. The Morgan fingerprint density at radius 2 is 1.96 bits per heavy atom. The van der Waals surface area contributed by atoms with Crippen molar-refractivity contribution in [2.75, 3.05) is 7.05 Å². The zero-order valence-corrected chi connectivity index (χ0v) is 14.7. The molecular formula is C18H20N4O3. The Balaban J connectivity index is 2.06. The van der Waals surface area contributed by atoms with Crippen LogP contribution in [-0.4, -0.2) is 32.8 Å². The van der Waals surface area contributed by atoms with Gasteiger partial charge in [-0.15, -0.1) is 0 Å². The van der Waals surface area contributed by atoms with Crippen LogP contribution >= 0.6 is 0 Å². The van der Waals surface area contributed by atoms with Gasteiger partial charge in [-0.2, -0.15) is 5.10 Å². The molecule has 0 saturated carbocycles. The number of hydrogen-bond donors (Lipinski definition) is 0. The standard InChI is InChI=1S/C18H20N4O3/c1-11(2)22-17(23)15-8-6-5-7-14(15)16(19-22)18(24)21(4)10-13-9-12(3)25-20-13/h5-9,11H,10H2,1-4H3. The summed E-state index contributed by atoms with van der Waals surface area (Å²) in [6, 6.07) is 8.67. The summed E-state index contributed by atoms with van der Waals surface area (Å²) in [5.74, 6) is 0.416. The Hall–Kier alpha value is -2.96. The first kappa shape index (κ1) is 16.9. The number of carbonyl (C=O) groups is 1. The number of hydrogen-bond acceptors (Lipinski definition) is 5. The second-order valence-corrected chi connectivity index (χ2v) is 6.33. The van der Waals surface area contributed by atoms with E-state index in [9.17, 15) is 9.59 Å². The van der Waals surface area contributed by atoms with Crippen LogP contribution in [0.2, 0.25) is 0 Å². The van der Waals surface area contributed by atoms with Crippen molar-refractivity contribution < 1.29 is 9.32 Å². The van der Waals surface area contributed by atoms with Crippen LogP contribution in [0.15, 0.2) is 39.6 Å². The molecule has 0 spiro atoms. The molecule has 0 aliphatic rings. The highest BCUT2D eigenvalue weighted by Crippen LogP contribution is 2.17. The maximum absolute atomic E-state index is 12.9. The second-order valence-electron chi connectivity index (χ2n) is 6.33. The van der Waals surface area contributed by atoms with Crippen molar-refractivity contribution in [1.82, 2.24) is 19.8 Å². The SMILES string of the molecule is Cc1cc(CN(C)C(=O)c2nn(C(C)C)c(=O)c3ccccc23)no1. The molecule has 7 heteroatoms. The lowest BCUT2D eigenvalue weighted by molar-refractivity contribution is 0.0775. The molecule has 0 N–H and O–H groups in total. The molecule has 25 heavy (non-hydrogen) atoms. The van der Waals surface area contributed by atoms with Gasteiger partial charge in [0.1, 0.15) is 11.5 Å². The normalized spacial score (nSPS) is 11.2. The van der Waals surface area contributed by atoms with Crippen LogP contribution in [0.25, 0.3) is 10.8 Å². The number of amides is 1. The number of rotatable bonds is 4. The highest BCUT2D eigenvalue weighted by Gasteiger charge is 2.21. The highest BCUT2D eigenvalue weighted by atomic mass is 16.5. The zero-order chi connectivity index (χ0) is 18.1. The lowest BCUT2D eigenvalue weighted by Gasteiger charge is -2.18. The van der Waals surface area contributed by atoms with E-state index in [0.717, 1.165) is 0 Å². The predicted octanol–water partition coefficient (Wildman–Crippen LogP) is 2.55. The Labute approximate surface area is 144 Å². The van der Waals surface area contributed by atoms with Gasteiger partial charge in [-0.1, -0.05) is 23.4 Å². The van der Waals surface area contributed by atoms with E-state index in [-0.39, 0.29) is 23.2 Å². The van der Waals surface area contributed by atoms with E-state index in [1.54, 1.807) is 44.3 Å². The van der Waals surface area contributed by atoms with E-state index < -0.39 is 0 Å². The molecule has 0 aliphatic carbocycles. The number of carbonyl (C=O) groups excluding carboxylic acids is 1. The fourth-order valence-electron chi connectivity index (χ4n) is 2.70. The minimum absolute atomic E-state index is 0.146. The van der Waals surface area contributed by atoms with Crippen molar-refractivity contribution in [2.24, 2.45) is 0 Å². The number of fused-ring (bicyclic) bond motifs is 1. The molecule has 7 nitrogen and oxygen atoms in total. The summed E-state index contributed by atoms with van der Waals surface area (Å²) in [5.41, 5.74) is 0.721. The molecule has 2 aromatic heterocycles. The quantitative estimate of drug-likeness (QED) is 0.729. The molecule has 0 radical (unpaired) electrons. The lowest BCUT2D eigenvalue weighted by Crippen LogP contribution is -2.32. The summed E-state index contributed by atoms with van der Waals surface area (Å²) >= 11 is 0. The van der Waals surface area contributed by atoms with E-state index >= 15 is 0 Å². The molecule has 0 unspecified atom stereocenters. The Morgan fingerprint density at radius 1 is 1.28 bits per heavy atom. The van der Waals surface area contributed by atoms with Gasteiger partial charge in [0.2, 0.25) is 0 Å². The summed E-state index contributed by atoms with van der Waals surface area (Å²) in [6.07, 6.45) is 0. The zero-order valence-electron chi connectivity index (χ0n) is 14.7. The van der Waals surface area contributed by atoms with Gasteiger partial charge in [0, 0.05) is 18.5 Å². The van der Waals surface area contributed by atoms with Gasteiger partial charge in [-0.3, -0.25) is 9.59 Å². The van der Waals surface area contributed by atoms with E-state index in [1.807, 2.05) is 13.8 Å². The van der Waals surface area contributed by atoms with E-state index in [4.69, 9.17) is 4.52 Å². The third kappa shape index (κ3) is 3.17. The summed E-state index contributed by atoms with van der Waals surface area (Å²) in [5, 5.41) is 9.29. The highest BCUT2D eigenvalue weighted by molar-refractivity contribution is 6.04. The number of aryl methyl sites for hydroxylation is 1. The van der Waals surface area contributed by atoms with Gasteiger partial charge in [-0.05, 0) is 26.8 Å². The predicted molar refractivity (Wildman–Crippen MR) is 93.4 cm³/mol. The first-order valence-electron chi connectivity index (χ1n) is 8.07. The summed E-state index contributed by atoms with van der Waals surface area (Å²) < 4.78 is 6.39. The van der Waals surface area contributed by atoms with Crippen LogP contribution in [-0.2, 0) is 6.54 Å². The smallest absolute Gasteiger partial charge is 0.275 e. The van der Waals surface area contributed by atoms with Gasteiger partial charge < -0.3 is 9.42 Å². The van der Waals surface area contributed by atoms with E-state index in [2.05, 4.69) is 10.3 Å². The summed E-state index contributed by atoms with van der Waals surface area (Å²) in [7, 11) is 1.67. The van der Waals surface area contributed by atoms with Crippen LogP contribution < -0.4 is 5.56 Å². The minimum Gasteiger partial charge on any atom is -0.361 e. The first-order valence-corrected chi connectivity index (χ1v) is 8.07. The van der Waals surface area contributed by atoms with Gasteiger partial charge >= 0.3 is 0 Å². The second kappa shape index (κ2) is 6.51. The topological polar surface area (TPSA) is 81.2 Å². The molecule has 3 aromatic rings. The average molecular weight is 340 g/mol. The Kier molecular flexibility index (Phi) is 4.39. The Morgan fingerprint density at radius 3 is 2.56 bits per heavy atom. The van der Waals surface area contributed by atoms with Crippen LogP contribution in [0, 0.1) is 6.92 Å². The monoisotopic (exact) mass is 340 g/mol. The van der Waals surface area contributed by atoms with E-state index in [0.29, 0.717) is 28.8 Å². The maximum Gasteiger partial charge on any atom is 0.275 e. The molecule has 1 amide bonds. The molecule has 0 fully saturated rings. The maximum atomic E-state index is 12.9. The molecule has 0 aliphatic heterocycles. The molecule has 1 aromatic carbocycles. The van der Waals surface area contributed by atoms with Crippen molar-refractivity contribution in [1.29, 1.82) is 0 Å². The van der Waals surface area contributed by atoms with Crippen molar-refractivity contribution in [3.05, 3.63) is 57.8 Å². The van der Waals surface area contributed by atoms with Crippen molar-refractivity contribution in [3.63, 3.8) is 0 Å². The van der Waals surface area contributed by atoms with Gasteiger partial charge in [0.05, 0.1) is 18.0 Å². The van der Waals surface area contributed by atoms with Crippen molar-refractivity contribution >= 4 is 16.7 Å². The average Bonchev–Trinajstić information content (AvgIpc) is 2.99. The number of nitrogens with zero attached hydrogens (tertiary/aromatic N) is 4. The molecule has 0 atom stereocenters. The van der Waals surface area contributed by atoms with E-state index in [1.165, 1.54) is 9.58 Å². The molecule has 0 bridgehead atoms. The van der Waals surface area contributed by atoms with Crippen LogP contribution in [0.3, 0.4) is 0 Å². The fourth-order valence-corrected chi connectivity index (χ4v) is 2.70. The van der Waals surface area contributed by atoms with Crippen molar-refractivity contribution in [2.45, 2.75) is 33.4 Å². The van der Waals surface area contributed by atoms with Gasteiger partial charge in [0.15, 0.2) is 5.69 Å². The lowest BCUT2D eigenvalue weighted by atomic mass is 10.1. The number of aromatic nitrogens is 3. The Bertz CT molecular complexity index is 987. The summed E-state index contributed by atoms with van der Waals surface area (Å²) in [4.78, 5) is 27.0. The molecular weight excluding hydrogens is 320 g/mol.